The second kappa shape index (κ2) is 3.59. The van der Waals surface area contributed by atoms with Crippen LogP contribution in [0.15, 0.2) is 18.8 Å². The normalized spacial score (nSPS) is 9.58. The molecule has 0 aliphatic carbocycles. The van der Waals surface area contributed by atoms with E-state index in [-0.39, 0.29) is 0 Å². The molecule has 2 nitrogen and oxygen atoms in total. The first-order valence-corrected chi connectivity index (χ1v) is 3.88. The number of hydrogen-bond acceptors (Lipinski definition) is 2. The Hall–Kier alpha value is -1.02. The molecule has 1 heterocycles. The van der Waals surface area contributed by atoms with Gasteiger partial charge in [0.25, 0.3) is 0 Å². The van der Waals surface area contributed by atoms with E-state index in [1.54, 1.807) is 19.4 Å². The van der Waals surface area contributed by atoms with Gasteiger partial charge in [-0.1, -0.05) is 18.2 Å². The average molecular weight is 184 g/mol. The molecule has 0 saturated heterocycles. The van der Waals surface area contributed by atoms with Crippen LogP contribution >= 0.6 is 11.6 Å². The van der Waals surface area contributed by atoms with Crippen LogP contribution in [0.2, 0.25) is 5.02 Å². The minimum atomic E-state index is 0.567. The molecule has 0 radical (unpaired) electrons. The first-order valence-electron chi connectivity index (χ1n) is 3.50. The Morgan fingerprint density at radius 1 is 1.67 bits per heavy atom. The van der Waals surface area contributed by atoms with E-state index in [4.69, 9.17) is 16.3 Å². The van der Waals surface area contributed by atoms with Gasteiger partial charge in [-0.25, -0.2) is 0 Å². The molecule has 0 saturated carbocycles. The first-order chi connectivity index (χ1) is 5.65. The number of aromatic nitrogens is 1. The van der Waals surface area contributed by atoms with Crippen molar-refractivity contribution < 1.29 is 4.74 Å². The molecule has 0 spiro atoms. The van der Waals surface area contributed by atoms with Gasteiger partial charge in [-0.05, 0) is 12.5 Å². The number of hydrogen-bond donors (Lipinski definition) is 0. The highest BCUT2D eigenvalue weighted by Crippen LogP contribution is 2.24. The van der Waals surface area contributed by atoms with Crippen molar-refractivity contribution in [1.29, 1.82) is 0 Å². The van der Waals surface area contributed by atoms with Crippen molar-refractivity contribution in [3.05, 3.63) is 29.6 Å². The maximum Gasteiger partial charge on any atom is 0.146 e. The monoisotopic (exact) mass is 183 g/mol. The maximum absolute atomic E-state index is 5.73. The summed E-state index contributed by atoms with van der Waals surface area (Å²) in [5.41, 5.74) is 1.62. The fourth-order valence-electron chi connectivity index (χ4n) is 0.897. The minimum Gasteiger partial charge on any atom is -0.494 e. The lowest BCUT2D eigenvalue weighted by atomic mass is 10.2. The molecule has 0 atom stereocenters. The molecule has 0 aliphatic rings. The Morgan fingerprint density at radius 3 is 2.83 bits per heavy atom. The number of nitrogens with zero attached hydrogens (tertiary/aromatic N) is 1. The Kier molecular flexibility index (Phi) is 2.71. The van der Waals surface area contributed by atoms with Gasteiger partial charge in [0, 0.05) is 12.3 Å². The van der Waals surface area contributed by atoms with Crippen LogP contribution in [0.4, 0.5) is 0 Å². The van der Waals surface area contributed by atoms with Crippen LogP contribution in [0.1, 0.15) is 12.6 Å². The first kappa shape index (κ1) is 9.07. The quantitative estimate of drug-likeness (QED) is 0.704. The van der Waals surface area contributed by atoms with Gasteiger partial charge >= 0.3 is 0 Å². The van der Waals surface area contributed by atoms with Gasteiger partial charge in [0.2, 0.25) is 0 Å². The SMILES string of the molecule is C=C(C)c1ncc(Cl)cc1OC. The van der Waals surface area contributed by atoms with Crippen molar-refractivity contribution in [2.75, 3.05) is 7.11 Å². The van der Waals surface area contributed by atoms with Crippen LogP contribution in [0, 0.1) is 0 Å². The molecule has 3 heteroatoms. The second-order valence-corrected chi connectivity index (χ2v) is 2.92. The summed E-state index contributed by atoms with van der Waals surface area (Å²) in [4.78, 5) is 4.09. The maximum atomic E-state index is 5.73. The Balaban J connectivity index is 3.20. The van der Waals surface area contributed by atoms with Crippen molar-refractivity contribution in [3.8, 4) is 5.75 Å². The molecule has 0 aliphatic heterocycles. The Labute approximate surface area is 76.8 Å². The number of allylic oxidation sites excluding steroid dienone is 1. The van der Waals surface area contributed by atoms with Crippen LogP contribution in [-0.4, -0.2) is 12.1 Å². The summed E-state index contributed by atoms with van der Waals surface area (Å²) in [5, 5.41) is 0.567. The third kappa shape index (κ3) is 1.77. The van der Waals surface area contributed by atoms with Gasteiger partial charge in [0.05, 0.1) is 12.1 Å². The number of ether oxygens (including phenoxy) is 1. The highest BCUT2D eigenvalue weighted by atomic mass is 35.5. The van der Waals surface area contributed by atoms with Crippen molar-refractivity contribution in [2.45, 2.75) is 6.92 Å². The fraction of sp³-hybridized carbons (Fsp3) is 0.222. The summed E-state index contributed by atoms with van der Waals surface area (Å²) in [6, 6.07) is 1.72. The van der Waals surface area contributed by atoms with Crippen LogP contribution in [-0.2, 0) is 0 Å². The molecule has 0 aromatic carbocycles. The summed E-state index contributed by atoms with van der Waals surface area (Å²) >= 11 is 5.73. The van der Waals surface area contributed by atoms with Gasteiger partial charge in [-0.15, -0.1) is 0 Å². The minimum absolute atomic E-state index is 0.567. The highest BCUT2D eigenvalue weighted by molar-refractivity contribution is 6.30. The Morgan fingerprint density at radius 2 is 2.33 bits per heavy atom. The summed E-state index contributed by atoms with van der Waals surface area (Å²) < 4.78 is 5.08. The molecule has 12 heavy (non-hydrogen) atoms. The van der Waals surface area contributed by atoms with Crippen LogP contribution in [0.5, 0.6) is 5.75 Å². The fourth-order valence-corrected chi connectivity index (χ4v) is 1.04. The smallest absolute Gasteiger partial charge is 0.146 e. The third-order valence-corrected chi connectivity index (χ3v) is 1.65. The lowest BCUT2D eigenvalue weighted by Crippen LogP contribution is -1.92. The third-order valence-electron chi connectivity index (χ3n) is 1.44. The van der Waals surface area contributed by atoms with E-state index >= 15 is 0 Å². The molecule has 0 unspecified atom stereocenters. The molecule has 64 valence electrons. The van der Waals surface area contributed by atoms with Gasteiger partial charge in [-0.3, -0.25) is 4.98 Å². The van der Waals surface area contributed by atoms with E-state index < -0.39 is 0 Å². The van der Waals surface area contributed by atoms with E-state index in [9.17, 15) is 0 Å². The van der Waals surface area contributed by atoms with Crippen molar-refractivity contribution in [3.63, 3.8) is 0 Å². The standard InChI is InChI=1S/C9H10ClNO/c1-6(2)9-8(12-3)4-7(10)5-11-9/h4-5H,1H2,2-3H3. The number of pyridine rings is 1. The molecule has 0 fully saturated rings. The average Bonchev–Trinajstić information content (AvgIpc) is 2.03. The zero-order chi connectivity index (χ0) is 9.14. The molecular formula is C9H10ClNO. The number of methoxy groups -OCH3 is 1. The topological polar surface area (TPSA) is 22.1 Å². The van der Waals surface area contributed by atoms with Gasteiger partial charge in [0.1, 0.15) is 11.4 Å². The van der Waals surface area contributed by atoms with Crippen molar-refractivity contribution >= 4 is 17.2 Å². The predicted molar refractivity (Wildman–Crippen MR) is 50.5 cm³/mol. The molecule has 1 rings (SSSR count). The summed E-state index contributed by atoms with van der Waals surface area (Å²) in [7, 11) is 1.58. The van der Waals surface area contributed by atoms with E-state index in [0.717, 1.165) is 11.3 Å². The zero-order valence-corrected chi connectivity index (χ0v) is 7.85. The molecule has 1 aromatic heterocycles. The molecule has 0 amide bonds. The van der Waals surface area contributed by atoms with Crippen LogP contribution in [0.25, 0.3) is 5.57 Å². The number of rotatable bonds is 2. The number of halogens is 1. The van der Waals surface area contributed by atoms with E-state index in [2.05, 4.69) is 11.6 Å². The van der Waals surface area contributed by atoms with E-state index in [1.165, 1.54) is 0 Å². The van der Waals surface area contributed by atoms with Crippen molar-refractivity contribution in [2.24, 2.45) is 0 Å². The van der Waals surface area contributed by atoms with Gasteiger partial charge in [0.15, 0.2) is 0 Å². The van der Waals surface area contributed by atoms with E-state index in [0.29, 0.717) is 10.8 Å². The molecule has 0 N–H and O–H groups in total. The Bertz CT molecular complexity index is 309. The summed E-state index contributed by atoms with van der Waals surface area (Å²) in [6.07, 6.45) is 1.58. The van der Waals surface area contributed by atoms with Crippen molar-refractivity contribution in [1.82, 2.24) is 4.98 Å². The second-order valence-electron chi connectivity index (χ2n) is 2.48. The predicted octanol–water partition coefficient (Wildman–Crippen LogP) is 2.78. The van der Waals surface area contributed by atoms with Gasteiger partial charge in [-0.2, -0.15) is 0 Å². The zero-order valence-electron chi connectivity index (χ0n) is 7.10. The molecular weight excluding hydrogens is 174 g/mol. The van der Waals surface area contributed by atoms with Gasteiger partial charge < -0.3 is 4.74 Å². The van der Waals surface area contributed by atoms with E-state index in [1.807, 2.05) is 6.92 Å². The summed E-state index contributed by atoms with van der Waals surface area (Å²) in [5.74, 6) is 0.662. The lowest BCUT2D eigenvalue weighted by Gasteiger charge is -2.06. The highest BCUT2D eigenvalue weighted by Gasteiger charge is 2.04. The molecule has 0 bridgehead atoms. The lowest BCUT2D eigenvalue weighted by molar-refractivity contribution is 0.411. The summed E-state index contributed by atoms with van der Waals surface area (Å²) in [6.45, 7) is 5.65. The van der Waals surface area contributed by atoms with Crippen LogP contribution < -0.4 is 4.74 Å². The molecule has 1 aromatic rings. The largest absolute Gasteiger partial charge is 0.494 e. The van der Waals surface area contributed by atoms with Crippen LogP contribution in [0.3, 0.4) is 0 Å².